The van der Waals surface area contributed by atoms with Gasteiger partial charge in [-0.25, -0.2) is 4.98 Å². The number of nitriles is 1. The lowest BCUT2D eigenvalue weighted by molar-refractivity contribution is 0.557. The molecule has 0 aliphatic rings. The third-order valence-corrected chi connectivity index (χ3v) is 4.24. The summed E-state index contributed by atoms with van der Waals surface area (Å²) >= 11 is 1.41. The van der Waals surface area contributed by atoms with Crippen LogP contribution in [0.2, 0.25) is 0 Å². The molecule has 0 N–H and O–H groups in total. The maximum absolute atomic E-state index is 9.36. The SMILES string of the molecule is N#C/C(=C/c1ccco1)c1nc(-c2cc3ccccc3o2)cs1. The van der Waals surface area contributed by atoms with E-state index in [-0.39, 0.29) is 0 Å². The van der Waals surface area contributed by atoms with Gasteiger partial charge in [0.25, 0.3) is 0 Å². The van der Waals surface area contributed by atoms with Gasteiger partial charge in [-0.3, -0.25) is 0 Å². The summed E-state index contributed by atoms with van der Waals surface area (Å²) in [6, 6.07) is 15.5. The Morgan fingerprint density at radius 3 is 2.91 bits per heavy atom. The number of hydrogen-bond donors (Lipinski definition) is 0. The Bertz CT molecular complexity index is 1000. The Morgan fingerprint density at radius 1 is 1.22 bits per heavy atom. The summed E-state index contributed by atoms with van der Waals surface area (Å²) in [5.74, 6) is 1.33. The van der Waals surface area contributed by atoms with Gasteiger partial charge in [0.1, 0.15) is 28.1 Å². The molecule has 5 heteroatoms. The Labute approximate surface area is 135 Å². The molecule has 23 heavy (non-hydrogen) atoms. The molecule has 0 spiro atoms. The van der Waals surface area contributed by atoms with E-state index in [1.165, 1.54) is 11.3 Å². The van der Waals surface area contributed by atoms with Gasteiger partial charge in [-0.2, -0.15) is 5.26 Å². The zero-order valence-electron chi connectivity index (χ0n) is 11.9. The molecule has 3 heterocycles. The predicted molar refractivity (Wildman–Crippen MR) is 89.5 cm³/mol. The molecule has 4 nitrogen and oxygen atoms in total. The molecule has 0 amide bonds. The third kappa shape index (κ3) is 2.56. The highest BCUT2D eigenvalue weighted by molar-refractivity contribution is 7.11. The van der Waals surface area contributed by atoms with Crippen LogP contribution in [0.1, 0.15) is 10.8 Å². The summed E-state index contributed by atoms with van der Waals surface area (Å²) in [5.41, 5.74) is 2.01. The smallest absolute Gasteiger partial charge is 0.154 e. The second-order valence-electron chi connectivity index (χ2n) is 4.87. The Kier molecular flexibility index (Phi) is 3.30. The van der Waals surface area contributed by atoms with Crippen molar-refractivity contribution < 1.29 is 8.83 Å². The lowest BCUT2D eigenvalue weighted by Gasteiger charge is -1.91. The number of nitrogens with zero attached hydrogens (tertiary/aromatic N) is 2. The van der Waals surface area contributed by atoms with Gasteiger partial charge in [-0.1, -0.05) is 18.2 Å². The van der Waals surface area contributed by atoms with Crippen LogP contribution in [0.15, 0.2) is 62.9 Å². The summed E-state index contributed by atoms with van der Waals surface area (Å²) in [6.45, 7) is 0. The van der Waals surface area contributed by atoms with Crippen molar-refractivity contribution >= 4 is 34.0 Å². The molecule has 1 aromatic carbocycles. The molecule has 0 aliphatic heterocycles. The normalized spacial score (nSPS) is 11.7. The number of fused-ring (bicyclic) bond motifs is 1. The minimum Gasteiger partial charge on any atom is -0.465 e. The number of thiazole rings is 1. The third-order valence-electron chi connectivity index (χ3n) is 3.36. The van der Waals surface area contributed by atoms with Gasteiger partial charge in [0.05, 0.1) is 11.8 Å². The van der Waals surface area contributed by atoms with Crippen LogP contribution >= 0.6 is 11.3 Å². The van der Waals surface area contributed by atoms with Crippen molar-refractivity contribution in [2.45, 2.75) is 0 Å². The number of hydrogen-bond acceptors (Lipinski definition) is 5. The molecule has 0 saturated heterocycles. The second-order valence-corrected chi connectivity index (χ2v) is 5.73. The van der Waals surface area contributed by atoms with Crippen LogP contribution in [0.3, 0.4) is 0 Å². The van der Waals surface area contributed by atoms with E-state index in [2.05, 4.69) is 11.1 Å². The second kappa shape index (κ2) is 5.59. The van der Waals surface area contributed by atoms with Gasteiger partial charge in [0.15, 0.2) is 5.76 Å². The molecule has 0 radical (unpaired) electrons. The van der Waals surface area contributed by atoms with Crippen LogP contribution in [-0.2, 0) is 0 Å². The van der Waals surface area contributed by atoms with Crippen molar-refractivity contribution in [2.75, 3.05) is 0 Å². The number of furan rings is 2. The summed E-state index contributed by atoms with van der Waals surface area (Å²) in [7, 11) is 0. The lowest BCUT2D eigenvalue weighted by Crippen LogP contribution is -1.81. The van der Waals surface area contributed by atoms with E-state index in [4.69, 9.17) is 8.83 Å². The van der Waals surface area contributed by atoms with E-state index >= 15 is 0 Å². The van der Waals surface area contributed by atoms with E-state index in [1.54, 1.807) is 24.5 Å². The Morgan fingerprint density at radius 2 is 2.13 bits per heavy atom. The summed E-state index contributed by atoms with van der Waals surface area (Å²) in [5, 5.41) is 12.9. The molecule has 4 rings (SSSR count). The molecule has 4 aromatic rings. The van der Waals surface area contributed by atoms with Crippen molar-refractivity contribution in [3.63, 3.8) is 0 Å². The van der Waals surface area contributed by atoms with Gasteiger partial charge >= 0.3 is 0 Å². The molecule has 3 aromatic heterocycles. The van der Waals surface area contributed by atoms with Crippen molar-refractivity contribution in [1.82, 2.24) is 4.98 Å². The molecule has 0 aliphatic carbocycles. The van der Waals surface area contributed by atoms with Gasteiger partial charge in [0.2, 0.25) is 0 Å². The van der Waals surface area contributed by atoms with Crippen LogP contribution in [-0.4, -0.2) is 4.98 Å². The molecular formula is C18H10N2O2S. The van der Waals surface area contributed by atoms with Gasteiger partial charge in [-0.05, 0) is 24.3 Å². The highest BCUT2D eigenvalue weighted by Gasteiger charge is 2.13. The molecule has 0 saturated carbocycles. The topological polar surface area (TPSA) is 63.0 Å². The lowest BCUT2D eigenvalue weighted by atomic mass is 10.2. The first-order valence-corrected chi connectivity index (χ1v) is 7.81. The molecule has 0 unspecified atom stereocenters. The first kappa shape index (κ1) is 13.6. The van der Waals surface area contributed by atoms with Crippen molar-refractivity contribution in [3.8, 4) is 17.5 Å². The van der Waals surface area contributed by atoms with Gasteiger partial charge in [-0.15, -0.1) is 11.3 Å². The summed E-state index contributed by atoms with van der Waals surface area (Å²) in [6.07, 6.45) is 3.25. The first-order chi connectivity index (χ1) is 11.3. The van der Waals surface area contributed by atoms with Crippen LogP contribution in [0.4, 0.5) is 0 Å². The van der Waals surface area contributed by atoms with Crippen LogP contribution in [0.25, 0.3) is 34.1 Å². The molecule has 110 valence electrons. The van der Waals surface area contributed by atoms with Crippen LogP contribution < -0.4 is 0 Å². The molecule has 0 atom stereocenters. The predicted octanol–water partition coefficient (Wildman–Crippen LogP) is 5.21. The van der Waals surface area contributed by atoms with Crippen LogP contribution in [0.5, 0.6) is 0 Å². The number of allylic oxidation sites excluding steroid dienone is 1. The monoisotopic (exact) mass is 318 g/mol. The fourth-order valence-electron chi connectivity index (χ4n) is 2.28. The fourth-order valence-corrected chi connectivity index (χ4v) is 3.05. The minimum atomic E-state index is 0.465. The zero-order chi connectivity index (χ0) is 15.6. The Hall–Kier alpha value is -3.10. The number of rotatable bonds is 3. The molecule has 0 bridgehead atoms. The van der Waals surface area contributed by atoms with Gasteiger partial charge < -0.3 is 8.83 Å². The zero-order valence-corrected chi connectivity index (χ0v) is 12.7. The largest absolute Gasteiger partial charge is 0.465 e. The number of aromatic nitrogens is 1. The number of para-hydroxylation sites is 1. The average molecular weight is 318 g/mol. The van der Waals surface area contributed by atoms with Crippen molar-refractivity contribution in [3.05, 3.63) is 64.9 Å². The first-order valence-electron chi connectivity index (χ1n) is 6.93. The van der Waals surface area contributed by atoms with E-state index < -0.39 is 0 Å². The summed E-state index contributed by atoms with van der Waals surface area (Å²) in [4.78, 5) is 4.52. The van der Waals surface area contributed by atoms with E-state index in [9.17, 15) is 5.26 Å². The standard InChI is InChI=1S/C18H10N2O2S/c19-10-13(8-14-5-3-7-21-14)18-20-15(11-23-18)17-9-12-4-1-2-6-16(12)22-17/h1-9,11H/b13-8-. The van der Waals surface area contributed by atoms with Crippen molar-refractivity contribution in [1.29, 1.82) is 5.26 Å². The minimum absolute atomic E-state index is 0.465. The average Bonchev–Trinajstić information content (AvgIpc) is 3.30. The molecule has 0 fully saturated rings. The van der Waals surface area contributed by atoms with Gasteiger partial charge in [0, 0.05) is 16.8 Å². The maximum atomic E-state index is 9.36. The van der Waals surface area contributed by atoms with Crippen molar-refractivity contribution in [2.24, 2.45) is 0 Å². The summed E-state index contributed by atoms with van der Waals surface area (Å²) < 4.78 is 11.1. The number of benzene rings is 1. The highest BCUT2D eigenvalue weighted by atomic mass is 32.1. The van der Waals surface area contributed by atoms with E-state index in [1.807, 2.05) is 35.7 Å². The maximum Gasteiger partial charge on any atom is 0.154 e. The van der Waals surface area contributed by atoms with E-state index in [0.717, 1.165) is 16.7 Å². The quantitative estimate of drug-likeness (QED) is 0.486. The van der Waals surface area contributed by atoms with Crippen LogP contribution in [0, 0.1) is 11.3 Å². The fraction of sp³-hybridized carbons (Fsp3) is 0. The Balaban J connectivity index is 1.72. The van der Waals surface area contributed by atoms with E-state index in [0.29, 0.717) is 22.1 Å². The molecular weight excluding hydrogens is 308 g/mol. The highest BCUT2D eigenvalue weighted by Crippen LogP contribution is 2.31.